The van der Waals surface area contributed by atoms with Crippen LogP contribution in [-0.2, 0) is 16.1 Å². The van der Waals surface area contributed by atoms with Crippen LogP contribution in [0.25, 0.3) is 0 Å². The molecular formula is C18H27N3O2. The molecule has 1 heterocycles. The largest absolute Gasteiger partial charge is 0.349 e. The van der Waals surface area contributed by atoms with Crippen molar-refractivity contribution in [3.05, 3.63) is 29.8 Å². The zero-order valence-electron chi connectivity index (χ0n) is 14.5. The van der Waals surface area contributed by atoms with Crippen LogP contribution in [0.1, 0.15) is 32.3 Å². The Hall–Kier alpha value is -1.88. The number of carbonyl (C=O) groups is 2. The van der Waals surface area contributed by atoms with Crippen molar-refractivity contribution in [1.82, 2.24) is 9.80 Å². The highest BCUT2D eigenvalue weighted by Crippen LogP contribution is 2.27. The van der Waals surface area contributed by atoms with Crippen LogP contribution in [0.3, 0.4) is 0 Å². The molecule has 0 saturated heterocycles. The van der Waals surface area contributed by atoms with Crippen molar-refractivity contribution >= 4 is 17.5 Å². The van der Waals surface area contributed by atoms with Gasteiger partial charge in [0.1, 0.15) is 0 Å². The van der Waals surface area contributed by atoms with Gasteiger partial charge in [0, 0.05) is 39.3 Å². The van der Waals surface area contributed by atoms with Gasteiger partial charge >= 0.3 is 0 Å². The van der Waals surface area contributed by atoms with Crippen LogP contribution < -0.4 is 5.32 Å². The molecule has 0 aromatic heterocycles. The highest BCUT2D eigenvalue weighted by atomic mass is 16.2. The molecule has 2 atom stereocenters. The number of carbonyl (C=O) groups excluding carboxylic acids is 2. The minimum Gasteiger partial charge on any atom is -0.349 e. The van der Waals surface area contributed by atoms with Gasteiger partial charge in [-0.25, -0.2) is 0 Å². The second-order valence-corrected chi connectivity index (χ2v) is 6.49. The van der Waals surface area contributed by atoms with Crippen LogP contribution >= 0.6 is 0 Å². The van der Waals surface area contributed by atoms with E-state index >= 15 is 0 Å². The lowest BCUT2D eigenvalue weighted by Gasteiger charge is -2.32. The van der Waals surface area contributed by atoms with E-state index in [0.29, 0.717) is 19.5 Å². The van der Waals surface area contributed by atoms with Gasteiger partial charge in [-0.3, -0.25) is 14.5 Å². The SMILES string of the molecule is CCC(C)C1C(=O)Nc2ccccc2CN1CCC(=O)N(C)C. The van der Waals surface area contributed by atoms with Crippen molar-refractivity contribution in [2.24, 2.45) is 5.92 Å². The third-order valence-corrected chi connectivity index (χ3v) is 4.61. The summed E-state index contributed by atoms with van der Waals surface area (Å²) < 4.78 is 0. The number of para-hydroxylation sites is 1. The topological polar surface area (TPSA) is 52.7 Å². The fourth-order valence-electron chi connectivity index (χ4n) is 2.99. The molecule has 2 rings (SSSR count). The first-order valence-corrected chi connectivity index (χ1v) is 8.27. The Balaban J connectivity index is 2.25. The lowest BCUT2D eigenvalue weighted by atomic mass is 9.96. The van der Waals surface area contributed by atoms with Crippen molar-refractivity contribution < 1.29 is 9.59 Å². The second kappa shape index (κ2) is 7.59. The fourth-order valence-corrected chi connectivity index (χ4v) is 2.99. The van der Waals surface area contributed by atoms with Crippen LogP contribution in [0.5, 0.6) is 0 Å². The van der Waals surface area contributed by atoms with Crippen LogP contribution in [0.4, 0.5) is 5.69 Å². The average molecular weight is 317 g/mol. The molecule has 1 aliphatic heterocycles. The maximum Gasteiger partial charge on any atom is 0.242 e. The summed E-state index contributed by atoms with van der Waals surface area (Å²) in [6.07, 6.45) is 1.35. The molecule has 126 valence electrons. The Kier molecular flexibility index (Phi) is 5.77. The Morgan fingerprint density at radius 2 is 2.09 bits per heavy atom. The lowest BCUT2D eigenvalue weighted by molar-refractivity contribution is -0.130. The minimum atomic E-state index is -0.206. The quantitative estimate of drug-likeness (QED) is 0.907. The molecule has 5 nitrogen and oxygen atoms in total. The number of hydrogen-bond donors (Lipinski definition) is 1. The molecule has 0 saturated carbocycles. The zero-order valence-corrected chi connectivity index (χ0v) is 14.5. The van der Waals surface area contributed by atoms with Crippen LogP contribution in [0, 0.1) is 5.92 Å². The van der Waals surface area contributed by atoms with Gasteiger partial charge in [0.05, 0.1) is 6.04 Å². The molecule has 0 radical (unpaired) electrons. The van der Waals surface area contributed by atoms with E-state index in [4.69, 9.17) is 0 Å². The van der Waals surface area contributed by atoms with Crippen LogP contribution in [-0.4, -0.2) is 48.3 Å². The molecule has 5 heteroatoms. The van der Waals surface area contributed by atoms with E-state index in [1.807, 2.05) is 24.3 Å². The van der Waals surface area contributed by atoms with Gasteiger partial charge in [0.25, 0.3) is 0 Å². The molecule has 0 bridgehead atoms. The number of anilines is 1. The summed E-state index contributed by atoms with van der Waals surface area (Å²) in [4.78, 5) is 28.4. The van der Waals surface area contributed by atoms with Crippen molar-refractivity contribution in [3.63, 3.8) is 0 Å². The van der Waals surface area contributed by atoms with E-state index in [-0.39, 0.29) is 23.8 Å². The fraction of sp³-hybridized carbons (Fsp3) is 0.556. The maximum absolute atomic E-state index is 12.7. The summed E-state index contributed by atoms with van der Waals surface area (Å²) in [6.45, 7) is 5.47. The molecule has 0 spiro atoms. The van der Waals surface area contributed by atoms with E-state index in [9.17, 15) is 9.59 Å². The first-order chi connectivity index (χ1) is 10.9. The smallest absolute Gasteiger partial charge is 0.242 e. The van der Waals surface area contributed by atoms with Crippen molar-refractivity contribution in [1.29, 1.82) is 0 Å². The van der Waals surface area contributed by atoms with Crippen LogP contribution in [0.15, 0.2) is 24.3 Å². The third-order valence-electron chi connectivity index (χ3n) is 4.61. The first kappa shape index (κ1) is 17.5. The second-order valence-electron chi connectivity index (χ2n) is 6.49. The Labute approximate surface area is 138 Å². The number of nitrogens with zero attached hydrogens (tertiary/aromatic N) is 2. The number of nitrogens with one attached hydrogen (secondary N) is 1. The van der Waals surface area contributed by atoms with E-state index < -0.39 is 0 Å². The van der Waals surface area contributed by atoms with E-state index in [2.05, 4.69) is 24.1 Å². The number of rotatable bonds is 5. The summed E-state index contributed by atoms with van der Waals surface area (Å²) in [5, 5.41) is 3.05. The summed E-state index contributed by atoms with van der Waals surface area (Å²) in [7, 11) is 3.53. The van der Waals surface area contributed by atoms with E-state index in [1.165, 1.54) is 0 Å². The predicted octanol–water partition coefficient (Wildman–Crippen LogP) is 2.33. The number of hydrogen-bond acceptors (Lipinski definition) is 3. The van der Waals surface area contributed by atoms with Gasteiger partial charge in [-0.2, -0.15) is 0 Å². The molecule has 1 aliphatic rings. The number of benzene rings is 1. The number of fused-ring (bicyclic) bond motifs is 1. The summed E-state index contributed by atoms with van der Waals surface area (Å²) in [5.41, 5.74) is 1.98. The van der Waals surface area contributed by atoms with E-state index in [0.717, 1.165) is 17.7 Å². The first-order valence-electron chi connectivity index (χ1n) is 8.27. The molecule has 1 aromatic rings. The van der Waals surface area contributed by atoms with Gasteiger partial charge in [0.15, 0.2) is 0 Å². The highest BCUT2D eigenvalue weighted by molar-refractivity contribution is 5.96. The standard InChI is InChI=1S/C18H27N3O2/c1-5-13(2)17-18(23)19-15-9-7-6-8-14(15)12-21(17)11-10-16(22)20(3)4/h6-9,13,17H,5,10-12H2,1-4H3,(H,19,23). The van der Waals surface area contributed by atoms with Crippen molar-refractivity contribution in [2.45, 2.75) is 39.3 Å². The summed E-state index contributed by atoms with van der Waals surface area (Å²) in [5.74, 6) is 0.353. The number of amides is 2. The molecule has 0 fully saturated rings. The molecule has 1 aromatic carbocycles. The highest BCUT2D eigenvalue weighted by Gasteiger charge is 2.33. The van der Waals surface area contributed by atoms with Gasteiger partial charge in [0.2, 0.25) is 11.8 Å². The summed E-state index contributed by atoms with van der Waals surface area (Å²) in [6, 6.07) is 7.69. The van der Waals surface area contributed by atoms with Gasteiger partial charge in [-0.05, 0) is 17.5 Å². The Bertz CT molecular complexity index is 571. The van der Waals surface area contributed by atoms with Crippen molar-refractivity contribution in [2.75, 3.05) is 26.0 Å². The van der Waals surface area contributed by atoms with Gasteiger partial charge in [-0.15, -0.1) is 0 Å². The van der Waals surface area contributed by atoms with Crippen molar-refractivity contribution in [3.8, 4) is 0 Å². The molecule has 2 amide bonds. The molecule has 1 N–H and O–H groups in total. The van der Waals surface area contributed by atoms with Crippen LogP contribution in [0.2, 0.25) is 0 Å². The third kappa shape index (κ3) is 4.10. The molecule has 23 heavy (non-hydrogen) atoms. The zero-order chi connectivity index (χ0) is 17.0. The molecular weight excluding hydrogens is 290 g/mol. The monoisotopic (exact) mass is 317 g/mol. The minimum absolute atomic E-state index is 0.0293. The normalized spacial score (nSPS) is 19.5. The van der Waals surface area contributed by atoms with E-state index in [1.54, 1.807) is 19.0 Å². The molecule has 0 aliphatic carbocycles. The average Bonchev–Trinajstić information content (AvgIpc) is 2.67. The lowest BCUT2D eigenvalue weighted by Crippen LogP contribution is -2.47. The Morgan fingerprint density at radius 3 is 2.74 bits per heavy atom. The van der Waals surface area contributed by atoms with Gasteiger partial charge in [-0.1, -0.05) is 38.5 Å². The Morgan fingerprint density at radius 1 is 1.39 bits per heavy atom. The summed E-state index contributed by atoms with van der Waals surface area (Å²) >= 11 is 0. The molecule has 2 unspecified atom stereocenters. The van der Waals surface area contributed by atoms with Gasteiger partial charge < -0.3 is 10.2 Å². The predicted molar refractivity (Wildman–Crippen MR) is 92.0 cm³/mol. The maximum atomic E-state index is 12.7.